The highest BCUT2D eigenvalue weighted by molar-refractivity contribution is 7.92. The Balaban J connectivity index is 2.07. The predicted molar refractivity (Wildman–Crippen MR) is 162 cm³/mol. The van der Waals surface area contributed by atoms with Crippen molar-refractivity contribution in [2.75, 3.05) is 10.8 Å². The molecule has 1 unspecified atom stereocenters. The quantitative estimate of drug-likeness (QED) is 0.283. The third-order valence-electron chi connectivity index (χ3n) is 6.27. The number of amides is 2. The number of sulfonamides is 1. The van der Waals surface area contributed by atoms with Crippen molar-refractivity contribution in [3.63, 3.8) is 0 Å². The number of hydrogen-bond donors (Lipinski definition) is 1. The van der Waals surface area contributed by atoms with Crippen molar-refractivity contribution >= 4 is 62.3 Å². The first-order valence-corrected chi connectivity index (χ1v) is 15.2. The zero-order chi connectivity index (χ0) is 29.8. The van der Waals surface area contributed by atoms with Gasteiger partial charge in [-0.3, -0.25) is 13.9 Å². The van der Waals surface area contributed by atoms with Gasteiger partial charge in [-0.25, -0.2) is 8.42 Å². The Morgan fingerprint density at radius 2 is 1.50 bits per heavy atom. The smallest absolute Gasteiger partial charge is 0.264 e. The molecule has 1 N–H and O–H groups in total. The molecule has 0 aliphatic heterocycles. The van der Waals surface area contributed by atoms with E-state index in [0.29, 0.717) is 20.6 Å². The zero-order valence-electron chi connectivity index (χ0n) is 22.9. The standard InChI is InChI=1S/C29H32Cl3N3O4S/c1-18(2)33-29(37)21(5)34(16-22-9-13-25(30)27(32)14-22)28(36)17-35(23-10-8-20(4)26(31)15-23)40(38,39)24-11-6-19(3)7-12-24/h6-15,18,21H,16-17H2,1-5H3,(H,33,37). The van der Waals surface area contributed by atoms with Crippen LogP contribution in [-0.4, -0.2) is 43.8 Å². The van der Waals surface area contributed by atoms with Crippen molar-refractivity contribution < 1.29 is 18.0 Å². The lowest BCUT2D eigenvalue weighted by atomic mass is 10.1. The summed E-state index contributed by atoms with van der Waals surface area (Å²) in [6.07, 6.45) is 0. The third-order valence-corrected chi connectivity index (χ3v) is 9.20. The summed E-state index contributed by atoms with van der Waals surface area (Å²) in [5.41, 5.74) is 2.49. The van der Waals surface area contributed by atoms with Gasteiger partial charge in [0.05, 0.1) is 20.6 Å². The fourth-order valence-electron chi connectivity index (χ4n) is 3.93. The molecule has 1 atom stereocenters. The van der Waals surface area contributed by atoms with Gasteiger partial charge in [-0.2, -0.15) is 0 Å². The van der Waals surface area contributed by atoms with Crippen LogP contribution in [0, 0.1) is 13.8 Å². The molecule has 214 valence electrons. The highest BCUT2D eigenvalue weighted by Crippen LogP contribution is 2.29. The van der Waals surface area contributed by atoms with Gasteiger partial charge in [0.1, 0.15) is 12.6 Å². The van der Waals surface area contributed by atoms with E-state index in [1.807, 2.05) is 20.8 Å². The number of anilines is 1. The molecule has 11 heteroatoms. The minimum atomic E-state index is -4.19. The Morgan fingerprint density at radius 3 is 2.08 bits per heavy atom. The number of nitrogens with one attached hydrogen (secondary N) is 1. The molecular formula is C29H32Cl3N3O4S. The number of benzene rings is 3. The summed E-state index contributed by atoms with van der Waals surface area (Å²) < 4.78 is 28.8. The maximum absolute atomic E-state index is 13.9. The number of halogens is 3. The Kier molecular flexibility index (Phi) is 10.5. The lowest BCUT2D eigenvalue weighted by Gasteiger charge is -2.32. The SMILES string of the molecule is Cc1ccc(S(=O)(=O)N(CC(=O)N(Cc2ccc(Cl)c(Cl)c2)C(C)C(=O)NC(C)C)c2ccc(C)c(Cl)c2)cc1. The molecule has 0 heterocycles. The van der Waals surface area contributed by atoms with Gasteiger partial charge in [-0.1, -0.05) is 64.6 Å². The van der Waals surface area contributed by atoms with E-state index < -0.39 is 28.5 Å². The maximum Gasteiger partial charge on any atom is 0.264 e. The molecule has 0 bridgehead atoms. The summed E-state index contributed by atoms with van der Waals surface area (Å²) in [5.74, 6) is -0.973. The van der Waals surface area contributed by atoms with E-state index in [1.165, 1.54) is 23.1 Å². The van der Waals surface area contributed by atoms with E-state index in [4.69, 9.17) is 34.8 Å². The summed E-state index contributed by atoms with van der Waals surface area (Å²) in [6, 6.07) is 15.0. The van der Waals surface area contributed by atoms with Gasteiger partial charge >= 0.3 is 0 Å². The second-order valence-corrected chi connectivity index (χ2v) is 13.0. The van der Waals surface area contributed by atoms with Crippen LogP contribution in [0.1, 0.15) is 37.5 Å². The monoisotopic (exact) mass is 623 g/mol. The number of carbonyl (C=O) groups excluding carboxylic acids is 2. The van der Waals surface area contributed by atoms with Crippen LogP contribution in [0.25, 0.3) is 0 Å². The van der Waals surface area contributed by atoms with E-state index in [1.54, 1.807) is 56.3 Å². The van der Waals surface area contributed by atoms with Crippen molar-refractivity contribution in [2.24, 2.45) is 0 Å². The van der Waals surface area contributed by atoms with Gasteiger partial charge in [-0.05, 0) is 82.1 Å². The van der Waals surface area contributed by atoms with Gasteiger partial charge in [0.2, 0.25) is 11.8 Å². The fraction of sp³-hybridized carbons (Fsp3) is 0.310. The molecular weight excluding hydrogens is 593 g/mol. The van der Waals surface area contributed by atoms with Crippen molar-refractivity contribution in [1.29, 1.82) is 0 Å². The van der Waals surface area contributed by atoms with E-state index in [0.717, 1.165) is 15.4 Å². The molecule has 0 saturated carbocycles. The summed E-state index contributed by atoms with van der Waals surface area (Å²) in [6.45, 7) is 8.28. The van der Waals surface area contributed by atoms with E-state index >= 15 is 0 Å². The molecule has 0 radical (unpaired) electrons. The number of hydrogen-bond acceptors (Lipinski definition) is 4. The molecule has 7 nitrogen and oxygen atoms in total. The first kappa shape index (κ1) is 31.7. The average Bonchev–Trinajstić information content (AvgIpc) is 2.88. The Labute approximate surface area is 251 Å². The third kappa shape index (κ3) is 7.69. The molecule has 3 aromatic rings. The molecule has 2 amide bonds. The summed E-state index contributed by atoms with van der Waals surface area (Å²) in [5, 5.41) is 3.81. The molecule has 0 aliphatic carbocycles. The molecule has 0 spiro atoms. The van der Waals surface area contributed by atoms with Crippen LogP contribution in [0.2, 0.25) is 15.1 Å². The van der Waals surface area contributed by atoms with Crippen LogP contribution in [0.4, 0.5) is 5.69 Å². The highest BCUT2D eigenvalue weighted by atomic mass is 35.5. The molecule has 0 fully saturated rings. The van der Waals surface area contributed by atoms with Crippen LogP contribution in [0.3, 0.4) is 0 Å². The highest BCUT2D eigenvalue weighted by Gasteiger charge is 2.33. The van der Waals surface area contributed by atoms with Crippen LogP contribution in [0.15, 0.2) is 65.6 Å². The van der Waals surface area contributed by atoms with E-state index in [9.17, 15) is 18.0 Å². The van der Waals surface area contributed by atoms with Crippen LogP contribution in [0.5, 0.6) is 0 Å². The second-order valence-electron chi connectivity index (χ2n) is 9.87. The van der Waals surface area contributed by atoms with Gasteiger partial charge in [0.25, 0.3) is 10.0 Å². The minimum absolute atomic E-state index is 0.00449. The van der Waals surface area contributed by atoms with E-state index in [2.05, 4.69) is 5.32 Å². The molecule has 40 heavy (non-hydrogen) atoms. The molecule has 0 aliphatic rings. The summed E-state index contributed by atoms with van der Waals surface area (Å²) >= 11 is 18.6. The number of carbonyl (C=O) groups is 2. The van der Waals surface area contributed by atoms with Gasteiger partial charge in [0.15, 0.2) is 0 Å². The molecule has 3 rings (SSSR count). The van der Waals surface area contributed by atoms with E-state index in [-0.39, 0.29) is 29.1 Å². The first-order valence-electron chi connectivity index (χ1n) is 12.6. The van der Waals surface area contributed by atoms with Crippen molar-refractivity contribution in [3.8, 4) is 0 Å². The predicted octanol–water partition coefficient (Wildman–Crippen LogP) is 6.40. The van der Waals surface area contributed by atoms with Gasteiger partial charge in [0, 0.05) is 17.6 Å². The first-order chi connectivity index (χ1) is 18.7. The molecule has 3 aromatic carbocycles. The van der Waals surface area contributed by atoms with Crippen molar-refractivity contribution in [3.05, 3.63) is 92.4 Å². The zero-order valence-corrected chi connectivity index (χ0v) is 26.0. The Bertz CT molecular complexity index is 1490. The summed E-state index contributed by atoms with van der Waals surface area (Å²) in [7, 11) is -4.19. The number of aryl methyl sites for hydroxylation is 2. The van der Waals surface area contributed by atoms with Gasteiger partial charge < -0.3 is 10.2 Å². The topological polar surface area (TPSA) is 86.8 Å². The van der Waals surface area contributed by atoms with Crippen LogP contribution in [-0.2, 0) is 26.2 Å². The van der Waals surface area contributed by atoms with Crippen molar-refractivity contribution in [1.82, 2.24) is 10.2 Å². The molecule has 0 aromatic heterocycles. The average molecular weight is 625 g/mol. The Hall–Kier alpha value is -2.78. The van der Waals surface area contributed by atoms with Crippen LogP contribution >= 0.6 is 34.8 Å². The largest absolute Gasteiger partial charge is 0.352 e. The van der Waals surface area contributed by atoms with Crippen LogP contribution < -0.4 is 9.62 Å². The lowest BCUT2D eigenvalue weighted by molar-refractivity contribution is -0.139. The van der Waals surface area contributed by atoms with Gasteiger partial charge in [-0.15, -0.1) is 0 Å². The fourth-order valence-corrected chi connectivity index (χ4v) is 5.83. The Morgan fingerprint density at radius 1 is 0.850 bits per heavy atom. The van der Waals surface area contributed by atoms with Crippen molar-refractivity contribution in [2.45, 2.75) is 58.1 Å². The maximum atomic E-state index is 13.9. The number of rotatable bonds is 10. The second kappa shape index (κ2) is 13.3. The minimum Gasteiger partial charge on any atom is -0.352 e. The normalized spacial score (nSPS) is 12.2. The number of nitrogens with zero attached hydrogens (tertiary/aromatic N) is 2. The summed E-state index contributed by atoms with van der Waals surface area (Å²) in [4.78, 5) is 28.3. The molecule has 0 saturated heterocycles. The lowest BCUT2D eigenvalue weighted by Crippen LogP contribution is -2.52.